The summed E-state index contributed by atoms with van der Waals surface area (Å²) in [6.45, 7) is 0.497. The molecule has 1 aromatic rings. The summed E-state index contributed by atoms with van der Waals surface area (Å²) in [5.74, 6) is -0.357. The zero-order chi connectivity index (χ0) is 14.9. The fraction of sp³-hybridized carbons (Fsp3) is 0.231. The number of hydrogen-bond donors (Lipinski definition) is 1. The lowest BCUT2D eigenvalue weighted by Crippen LogP contribution is -2.19. The van der Waals surface area contributed by atoms with Crippen LogP contribution in [0, 0.1) is 0 Å². The Hall–Kier alpha value is -0.660. The van der Waals surface area contributed by atoms with Crippen molar-refractivity contribution >= 4 is 65.5 Å². The van der Waals surface area contributed by atoms with Gasteiger partial charge in [-0.15, -0.1) is 0 Å². The Kier molecular flexibility index (Phi) is 5.04. The van der Waals surface area contributed by atoms with E-state index < -0.39 is 5.97 Å². The molecule has 1 heterocycles. The van der Waals surface area contributed by atoms with E-state index >= 15 is 0 Å². The van der Waals surface area contributed by atoms with Crippen LogP contribution in [0.4, 0.5) is 0 Å². The van der Waals surface area contributed by atoms with Crippen molar-refractivity contribution in [2.45, 2.75) is 4.83 Å². The maximum Gasteiger partial charge on any atom is 0.337 e. The van der Waals surface area contributed by atoms with Gasteiger partial charge >= 0.3 is 5.97 Å². The predicted octanol–water partition coefficient (Wildman–Crippen LogP) is 3.91. The summed E-state index contributed by atoms with van der Waals surface area (Å²) in [5.41, 5.74) is 1.64. The first kappa shape index (κ1) is 15.7. The molecule has 1 unspecified atom stereocenters. The topological polar surface area (TPSA) is 58.9 Å². The molecule has 20 heavy (non-hydrogen) atoms. The summed E-state index contributed by atoms with van der Waals surface area (Å²) in [6, 6.07) is 3.64. The minimum absolute atomic E-state index is 0.152. The number of benzene rings is 1. The maximum atomic E-state index is 11.4. The number of carboxylic acid groups (broad SMARTS) is 1. The number of rotatable bonds is 3. The molecule has 0 saturated carbocycles. The van der Waals surface area contributed by atoms with Crippen molar-refractivity contribution in [3.63, 3.8) is 0 Å². The first-order valence-electron chi connectivity index (χ1n) is 5.60. The van der Waals surface area contributed by atoms with Crippen LogP contribution in [-0.2, 0) is 4.79 Å². The standard InChI is InChI=1S/C13H10Br3NO3/c1-20-11-2-6(8(14)3-9(11)15)12-7(13(18)19)4-17-5-10(12)16/h2-4,10H,5H2,1H3,(H,18,19). The molecule has 0 bridgehead atoms. The lowest BCUT2D eigenvalue weighted by atomic mass is 9.95. The average Bonchev–Trinajstić information content (AvgIpc) is 2.39. The zero-order valence-electron chi connectivity index (χ0n) is 10.4. The molecule has 1 atom stereocenters. The van der Waals surface area contributed by atoms with E-state index in [1.165, 1.54) is 6.21 Å². The van der Waals surface area contributed by atoms with Crippen molar-refractivity contribution in [3.05, 3.63) is 32.2 Å². The van der Waals surface area contributed by atoms with E-state index in [0.717, 1.165) is 14.5 Å². The molecule has 1 N–H and O–H groups in total. The largest absolute Gasteiger partial charge is 0.496 e. The molecule has 0 aromatic heterocycles. The zero-order valence-corrected chi connectivity index (χ0v) is 15.1. The molecule has 7 heteroatoms. The molecular weight excluding hydrogens is 458 g/mol. The van der Waals surface area contributed by atoms with E-state index in [4.69, 9.17) is 4.74 Å². The minimum atomic E-state index is -0.998. The number of aliphatic imine (C=N–C) groups is 1. The number of carboxylic acids is 1. The monoisotopic (exact) mass is 465 g/mol. The number of halogens is 3. The van der Waals surface area contributed by atoms with Gasteiger partial charge in [0.2, 0.25) is 0 Å². The molecule has 106 valence electrons. The average molecular weight is 468 g/mol. The van der Waals surface area contributed by atoms with Gasteiger partial charge in [-0.25, -0.2) is 4.79 Å². The molecule has 0 fully saturated rings. The van der Waals surface area contributed by atoms with Crippen LogP contribution >= 0.6 is 47.8 Å². The highest BCUT2D eigenvalue weighted by atomic mass is 79.9. The highest BCUT2D eigenvalue weighted by molar-refractivity contribution is 9.11. The first-order valence-corrected chi connectivity index (χ1v) is 8.10. The summed E-state index contributed by atoms with van der Waals surface area (Å²) >= 11 is 10.4. The molecular formula is C13H10Br3NO3. The third-order valence-corrected chi connectivity index (χ3v) is 4.87. The van der Waals surface area contributed by atoms with Crippen molar-refractivity contribution in [1.29, 1.82) is 0 Å². The van der Waals surface area contributed by atoms with Gasteiger partial charge in [-0.2, -0.15) is 0 Å². The Morgan fingerprint density at radius 1 is 1.40 bits per heavy atom. The van der Waals surface area contributed by atoms with Crippen molar-refractivity contribution in [2.75, 3.05) is 13.7 Å². The minimum Gasteiger partial charge on any atom is -0.496 e. The van der Waals surface area contributed by atoms with Gasteiger partial charge in [0.05, 0.1) is 28.5 Å². The molecule has 0 spiro atoms. The fourth-order valence-electron chi connectivity index (χ4n) is 1.94. The van der Waals surface area contributed by atoms with Crippen molar-refractivity contribution in [1.82, 2.24) is 0 Å². The smallest absolute Gasteiger partial charge is 0.337 e. The van der Waals surface area contributed by atoms with E-state index in [2.05, 4.69) is 52.8 Å². The lowest BCUT2D eigenvalue weighted by Gasteiger charge is -2.21. The highest BCUT2D eigenvalue weighted by Gasteiger charge is 2.26. The summed E-state index contributed by atoms with van der Waals surface area (Å²) in [5, 5.41) is 9.33. The highest BCUT2D eigenvalue weighted by Crippen LogP contribution is 2.39. The first-order chi connectivity index (χ1) is 9.45. The number of aliphatic carboxylic acids is 1. The number of nitrogens with zero attached hydrogens (tertiary/aromatic N) is 1. The number of alkyl halides is 1. The number of methoxy groups -OCH3 is 1. The van der Waals surface area contributed by atoms with Gasteiger partial charge < -0.3 is 9.84 Å². The Bertz CT molecular complexity index is 626. The molecule has 0 saturated heterocycles. The van der Waals surface area contributed by atoms with Crippen LogP contribution in [0.15, 0.2) is 31.6 Å². The van der Waals surface area contributed by atoms with E-state index in [-0.39, 0.29) is 10.4 Å². The number of dihydropyridines is 1. The second kappa shape index (κ2) is 6.41. The van der Waals surface area contributed by atoms with E-state index in [1.807, 2.05) is 6.07 Å². The summed E-state index contributed by atoms with van der Waals surface area (Å²) in [6.07, 6.45) is 1.40. The van der Waals surface area contributed by atoms with E-state index in [1.54, 1.807) is 13.2 Å². The normalized spacial score (nSPS) is 18.3. The van der Waals surface area contributed by atoms with Crippen LogP contribution in [0.1, 0.15) is 5.56 Å². The second-order valence-corrected chi connectivity index (χ2v) is 6.87. The van der Waals surface area contributed by atoms with Crippen LogP contribution in [0.25, 0.3) is 5.57 Å². The summed E-state index contributed by atoms with van der Waals surface area (Å²) in [7, 11) is 1.57. The van der Waals surface area contributed by atoms with Gasteiger partial charge in [0.15, 0.2) is 0 Å². The van der Waals surface area contributed by atoms with E-state index in [0.29, 0.717) is 17.9 Å². The Morgan fingerprint density at radius 3 is 2.70 bits per heavy atom. The van der Waals surface area contributed by atoms with Gasteiger partial charge in [0.25, 0.3) is 0 Å². The third-order valence-electron chi connectivity index (χ3n) is 2.85. The van der Waals surface area contributed by atoms with Crippen LogP contribution in [0.2, 0.25) is 0 Å². The van der Waals surface area contributed by atoms with Gasteiger partial charge in [0.1, 0.15) is 5.75 Å². The Balaban J connectivity index is 2.69. The van der Waals surface area contributed by atoms with Crippen molar-refractivity contribution in [3.8, 4) is 5.75 Å². The molecule has 1 aliphatic rings. The Morgan fingerprint density at radius 2 is 2.10 bits per heavy atom. The maximum absolute atomic E-state index is 11.4. The molecule has 0 aliphatic carbocycles. The SMILES string of the molecule is COc1cc(C2=C(C(=O)O)C=NCC2Br)c(Br)cc1Br. The van der Waals surface area contributed by atoms with Crippen LogP contribution in [0.5, 0.6) is 5.75 Å². The molecule has 1 aromatic carbocycles. The fourth-order valence-corrected chi connectivity index (χ4v) is 3.97. The van der Waals surface area contributed by atoms with Crippen LogP contribution in [-0.4, -0.2) is 35.8 Å². The van der Waals surface area contributed by atoms with Gasteiger partial charge in [-0.3, -0.25) is 4.99 Å². The van der Waals surface area contributed by atoms with Gasteiger partial charge in [0, 0.05) is 10.7 Å². The van der Waals surface area contributed by atoms with Crippen molar-refractivity contribution < 1.29 is 14.6 Å². The number of carbonyl (C=O) groups is 1. The molecule has 0 amide bonds. The Labute approximate surface area is 141 Å². The number of ether oxygens (including phenoxy) is 1. The van der Waals surface area contributed by atoms with Crippen molar-refractivity contribution in [2.24, 2.45) is 4.99 Å². The molecule has 4 nitrogen and oxygen atoms in total. The van der Waals surface area contributed by atoms with Crippen LogP contribution in [0.3, 0.4) is 0 Å². The quantitative estimate of drug-likeness (QED) is 0.686. The summed E-state index contributed by atoms with van der Waals surface area (Å²) < 4.78 is 6.86. The second-order valence-electron chi connectivity index (χ2n) is 4.06. The molecule has 2 rings (SSSR count). The predicted molar refractivity (Wildman–Crippen MR) is 89.0 cm³/mol. The number of hydrogen-bond acceptors (Lipinski definition) is 3. The van der Waals surface area contributed by atoms with Gasteiger partial charge in [-0.05, 0) is 39.2 Å². The van der Waals surface area contributed by atoms with Crippen LogP contribution < -0.4 is 4.74 Å². The lowest BCUT2D eigenvalue weighted by molar-refractivity contribution is -0.131. The summed E-state index contributed by atoms with van der Waals surface area (Å²) in [4.78, 5) is 15.3. The molecule has 1 aliphatic heterocycles. The molecule has 0 radical (unpaired) electrons. The van der Waals surface area contributed by atoms with Gasteiger partial charge in [-0.1, -0.05) is 31.9 Å². The third kappa shape index (κ3) is 2.99. The van der Waals surface area contributed by atoms with E-state index in [9.17, 15) is 9.90 Å².